The van der Waals surface area contributed by atoms with Gasteiger partial charge in [-0.3, -0.25) is 0 Å². The van der Waals surface area contributed by atoms with Gasteiger partial charge >= 0.3 is 0 Å². The van der Waals surface area contributed by atoms with Crippen LogP contribution in [-0.2, 0) is 9.47 Å². The van der Waals surface area contributed by atoms with Gasteiger partial charge in [0.05, 0.1) is 0 Å². The number of ether oxygens (including phenoxy) is 2. The van der Waals surface area contributed by atoms with E-state index in [9.17, 15) is 0 Å². The zero-order valence-electron chi connectivity index (χ0n) is 12.6. The quantitative estimate of drug-likeness (QED) is 0.604. The van der Waals surface area contributed by atoms with Crippen molar-refractivity contribution in [2.75, 3.05) is 0 Å². The van der Waals surface area contributed by atoms with Gasteiger partial charge in [-0.1, -0.05) is 38.8 Å². The summed E-state index contributed by atoms with van der Waals surface area (Å²) in [5.74, 6) is -0.452. The SMILES string of the molecule is CC1(C)O[C@H]2C=C3C(C)(C)CCC[C@@]3(C)[C@@]2(C)O1. The van der Waals surface area contributed by atoms with Crippen molar-refractivity contribution in [2.24, 2.45) is 10.8 Å². The van der Waals surface area contributed by atoms with E-state index in [0.29, 0.717) is 0 Å². The molecule has 0 aromatic rings. The third-order valence-corrected chi connectivity index (χ3v) is 5.63. The first-order chi connectivity index (χ1) is 8.11. The van der Waals surface area contributed by atoms with Gasteiger partial charge in [0.2, 0.25) is 0 Å². The second kappa shape index (κ2) is 3.21. The van der Waals surface area contributed by atoms with Crippen LogP contribution in [0.3, 0.4) is 0 Å². The average Bonchev–Trinajstić information content (AvgIpc) is 2.53. The molecule has 0 unspecified atom stereocenters. The minimum atomic E-state index is -0.452. The fourth-order valence-electron chi connectivity index (χ4n) is 4.61. The zero-order valence-corrected chi connectivity index (χ0v) is 12.6. The molecule has 1 saturated carbocycles. The van der Waals surface area contributed by atoms with Crippen LogP contribution in [0.15, 0.2) is 11.6 Å². The van der Waals surface area contributed by atoms with Gasteiger partial charge in [0.1, 0.15) is 11.7 Å². The molecule has 0 spiro atoms. The molecule has 0 bridgehead atoms. The van der Waals surface area contributed by atoms with Crippen LogP contribution in [-0.4, -0.2) is 17.5 Å². The average molecular weight is 250 g/mol. The molecule has 2 fully saturated rings. The molecule has 0 aromatic heterocycles. The fraction of sp³-hybridized carbons (Fsp3) is 0.875. The molecule has 1 saturated heterocycles. The molecule has 0 N–H and O–H groups in total. The van der Waals surface area contributed by atoms with Gasteiger partial charge in [-0.25, -0.2) is 0 Å². The van der Waals surface area contributed by atoms with Crippen molar-refractivity contribution in [3.63, 3.8) is 0 Å². The molecule has 2 heteroatoms. The van der Waals surface area contributed by atoms with Crippen molar-refractivity contribution >= 4 is 0 Å². The Morgan fingerprint density at radius 3 is 2.39 bits per heavy atom. The topological polar surface area (TPSA) is 18.5 Å². The summed E-state index contributed by atoms with van der Waals surface area (Å²) in [6.45, 7) is 13.4. The van der Waals surface area contributed by atoms with Crippen molar-refractivity contribution in [1.82, 2.24) is 0 Å². The number of hydrogen-bond donors (Lipinski definition) is 0. The summed E-state index contributed by atoms with van der Waals surface area (Å²) in [6, 6.07) is 0. The normalized spacial score (nSPS) is 48.6. The van der Waals surface area contributed by atoms with Gasteiger partial charge in [-0.15, -0.1) is 0 Å². The molecule has 2 aliphatic carbocycles. The first kappa shape index (κ1) is 12.7. The van der Waals surface area contributed by atoms with Crippen molar-refractivity contribution in [3.05, 3.63) is 11.6 Å². The van der Waals surface area contributed by atoms with Gasteiger partial charge in [-0.2, -0.15) is 0 Å². The summed E-state index contributed by atoms with van der Waals surface area (Å²) in [5, 5.41) is 0. The van der Waals surface area contributed by atoms with Gasteiger partial charge in [0.25, 0.3) is 0 Å². The summed E-state index contributed by atoms with van der Waals surface area (Å²) < 4.78 is 12.5. The monoisotopic (exact) mass is 250 g/mol. The molecule has 0 aromatic carbocycles. The van der Waals surface area contributed by atoms with E-state index in [4.69, 9.17) is 9.47 Å². The molecule has 0 amide bonds. The second-order valence-electron chi connectivity index (χ2n) is 7.80. The van der Waals surface area contributed by atoms with E-state index in [2.05, 4.69) is 33.8 Å². The summed E-state index contributed by atoms with van der Waals surface area (Å²) in [7, 11) is 0. The summed E-state index contributed by atoms with van der Waals surface area (Å²) in [6.07, 6.45) is 6.26. The smallest absolute Gasteiger partial charge is 0.164 e. The highest BCUT2D eigenvalue weighted by Crippen LogP contribution is 2.64. The van der Waals surface area contributed by atoms with Crippen molar-refractivity contribution < 1.29 is 9.47 Å². The minimum Gasteiger partial charge on any atom is -0.340 e. The number of rotatable bonds is 0. The Labute approximate surface area is 111 Å². The van der Waals surface area contributed by atoms with Crippen LogP contribution in [0.1, 0.15) is 60.8 Å². The third kappa shape index (κ3) is 1.36. The number of hydrogen-bond acceptors (Lipinski definition) is 2. The predicted octanol–water partition coefficient (Wildman–Crippen LogP) is 4.05. The van der Waals surface area contributed by atoms with Gasteiger partial charge < -0.3 is 9.47 Å². The molecule has 18 heavy (non-hydrogen) atoms. The van der Waals surface area contributed by atoms with Gasteiger partial charge in [-0.05, 0) is 39.0 Å². The highest BCUT2D eigenvalue weighted by Gasteiger charge is 2.66. The maximum absolute atomic E-state index is 6.35. The van der Waals surface area contributed by atoms with Crippen LogP contribution in [0, 0.1) is 10.8 Å². The summed E-state index contributed by atoms with van der Waals surface area (Å²) in [4.78, 5) is 0. The lowest BCUT2D eigenvalue weighted by Gasteiger charge is -2.50. The first-order valence-electron chi connectivity index (χ1n) is 7.22. The van der Waals surface area contributed by atoms with E-state index in [0.717, 1.165) is 0 Å². The van der Waals surface area contributed by atoms with Gasteiger partial charge in [0, 0.05) is 5.41 Å². The van der Waals surface area contributed by atoms with Crippen molar-refractivity contribution in [1.29, 1.82) is 0 Å². The van der Waals surface area contributed by atoms with Crippen LogP contribution in [0.4, 0.5) is 0 Å². The molecular formula is C16H26O2. The molecule has 3 aliphatic rings. The molecule has 3 rings (SSSR count). The predicted molar refractivity (Wildman–Crippen MR) is 72.3 cm³/mol. The summed E-state index contributed by atoms with van der Waals surface area (Å²) >= 11 is 0. The Kier molecular flexibility index (Phi) is 2.26. The lowest BCUT2D eigenvalue weighted by molar-refractivity contribution is -0.183. The molecule has 3 atom stereocenters. The Morgan fingerprint density at radius 1 is 1.06 bits per heavy atom. The minimum absolute atomic E-state index is 0.116. The van der Waals surface area contributed by atoms with Crippen LogP contribution in [0.2, 0.25) is 0 Å². The van der Waals surface area contributed by atoms with Gasteiger partial charge in [0.15, 0.2) is 5.79 Å². The molecular weight excluding hydrogens is 224 g/mol. The van der Waals surface area contributed by atoms with E-state index < -0.39 is 5.79 Å². The van der Waals surface area contributed by atoms with E-state index in [1.165, 1.54) is 19.3 Å². The lowest BCUT2D eigenvalue weighted by Crippen LogP contribution is -2.51. The van der Waals surface area contributed by atoms with E-state index in [1.54, 1.807) is 5.57 Å². The van der Waals surface area contributed by atoms with E-state index in [1.807, 2.05) is 13.8 Å². The molecule has 1 heterocycles. The van der Waals surface area contributed by atoms with Crippen LogP contribution >= 0.6 is 0 Å². The first-order valence-corrected chi connectivity index (χ1v) is 7.22. The molecule has 102 valence electrons. The van der Waals surface area contributed by atoms with Crippen LogP contribution < -0.4 is 0 Å². The molecule has 1 aliphatic heterocycles. The third-order valence-electron chi connectivity index (χ3n) is 5.63. The fourth-order valence-corrected chi connectivity index (χ4v) is 4.61. The Morgan fingerprint density at radius 2 is 1.72 bits per heavy atom. The maximum atomic E-state index is 6.35. The standard InChI is InChI=1S/C16H26O2/c1-13(2)8-7-9-15(5)11(13)10-12-16(15,6)18-14(3,4)17-12/h10,12H,7-9H2,1-6H3/t12-,15+,16-/m0/s1. The molecule has 2 nitrogen and oxygen atoms in total. The second-order valence-corrected chi connectivity index (χ2v) is 7.80. The zero-order chi connectivity index (χ0) is 13.4. The maximum Gasteiger partial charge on any atom is 0.164 e. The lowest BCUT2D eigenvalue weighted by atomic mass is 9.57. The summed E-state index contributed by atoms with van der Waals surface area (Å²) in [5.41, 5.74) is 1.79. The largest absolute Gasteiger partial charge is 0.340 e. The van der Waals surface area contributed by atoms with Crippen molar-refractivity contribution in [2.45, 2.75) is 78.3 Å². The van der Waals surface area contributed by atoms with E-state index >= 15 is 0 Å². The van der Waals surface area contributed by atoms with Crippen LogP contribution in [0.25, 0.3) is 0 Å². The number of fused-ring (bicyclic) bond motifs is 3. The molecule has 0 radical (unpaired) electrons. The Hall–Kier alpha value is -0.340. The van der Waals surface area contributed by atoms with Crippen molar-refractivity contribution in [3.8, 4) is 0 Å². The van der Waals surface area contributed by atoms with Crippen LogP contribution in [0.5, 0.6) is 0 Å². The highest BCUT2D eigenvalue weighted by molar-refractivity contribution is 5.38. The van der Waals surface area contributed by atoms with E-state index in [-0.39, 0.29) is 22.5 Å². The Balaban J connectivity index is 2.09. The Bertz CT molecular complexity index is 421. The highest BCUT2D eigenvalue weighted by atomic mass is 16.8.